The molecule has 0 radical (unpaired) electrons. The van der Waals surface area contributed by atoms with Crippen molar-refractivity contribution in [2.24, 2.45) is 17.3 Å². The van der Waals surface area contributed by atoms with E-state index in [-0.39, 0.29) is 23.5 Å². The summed E-state index contributed by atoms with van der Waals surface area (Å²) >= 11 is 0. The molecule has 37 heavy (non-hydrogen) atoms. The van der Waals surface area contributed by atoms with Gasteiger partial charge < -0.3 is 35.0 Å². The Balaban J connectivity index is 1.39. The van der Waals surface area contributed by atoms with Gasteiger partial charge in [0.2, 0.25) is 0 Å². The van der Waals surface area contributed by atoms with E-state index in [9.17, 15) is 38.7 Å². The van der Waals surface area contributed by atoms with Crippen LogP contribution in [-0.2, 0) is 35.3 Å². The molecule has 1 aliphatic heterocycles. The molecule has 0 bridgehead atoms. The quantitative estimate of drug-likeness (QED) is 0.278. The number of ether oxygens (including phenoxy) is 2. The van der Waals surface area contributed by atoms with Gasteiger partial charge in [0.25, 0.3) is 0 Å². The number of carbonyl (C=O) groups is 1. The van der Waals surface area contributed by atoms with Crippen LogP contribution in [0, 0.1) is 17.3 Å². The lowest BCUT2D eigenvalue weighted by molar-refractivity contribution is -0.314. The average Bonchev–Trinajstić information content (AvgIpc) is 3.07. The second-order valence-electron chi connectivity index (χ2n) is 10.9. The van der Waals surface area contributed by atoms with Crippen molar-refractivity contribution in [3.8, 4) is 5.75 Å². The number of carboxylic acids is 1. The van der Waals surface area contributed by atoms with Crippen LogP contribution >= 0.6 is 0 Å². The number of phenolic OH excluding ortho intramolecular Hbond substituents is 1. The van der Waals surface area contributed by atoms with E-state index < -0.39 is 64.7 Å². The van der Waals surface area contributed by atoms with Gasteiger partial charge in [-0.1, -0.05) is 13.0 Å². The molecule has 0 aromatic heterocycles. The smallest absolute Gasteiger partial charge is 0.397 e. The zero-order valence-electron chi connectivity index (χ0n) is 20.1. The lowest BCUT2D eigenvalue weighted by Crippen LogP contribution is -2.63. The van der Waals surface area contributed by atoms with Crippen LogP contribution in [0.1, 0.15) is 49.7 Å². The number of aliphatic hydroxyl groups is 3. The molecule has 0 unspecified atom stereocenters. The number of benzene rings is 1. The Morgan fingerprint density at radius 1 is 1.16 bits per heavy atom. The van der Waals surface area contributed by atoms with E-state index in [4.69, 9.17) is 14.0 Å². The van der Waals surface area contributed by atoms with E-state index in [1.54, 1.807) is 12.1 Å². The number of hydrogen-bond acceptors (Lipinski definition) is 10. The highest BCUT2D eigenvalue weighted by Gasteiger charge is 2.61. The van der Waals surface area contributed by atoms with Crippen LogP contribution < -0.4 is 0 Å². The Morgan fingerprint density at radius 2 is 1.89 bits per heavy atom. The first-order valence-corrected chi connectivity index (χ1v) is 13.7. The monoisotopic (exact) mass is 544 g/mol. The molecule has 13 heteroatoms. The van der Waals surface area contributed by atoms with Gasteiger partial charge in [0.1, 0.15) is 24.1 Å². The number of rotatable bonds is 5. The summed E-state index contributed by atoms with van der Waals surface area (Å²) in [6, 6.07) is 5.45. The highest BCUT2D eigenvalue weighted by molar-refractivity contribution is 7.80. The molecule has 1 heterocycles. The number of hydrogen-bond donors (Lipinski definition) is 6. The largest absolute Gasteiger partial charge is 0.508 e. The Morgan fingerprint density at radius 3 is 2.57 bits per heavy atom. The lowest BCUT2D eigenvalue weighted by atomic mass is 9.55. The number of carboxylic acid groups (broad SMARTS) is 1. The van der Waals surface area contributed by atoms with Gasteiger partial charge in [-0.15, -0.1) is 0 Å². The number of phenols is 1. The Kier molecular flexibility index (Phi) is 6.81. The first-order valence-electron chi connectivity index (χ1n) is 12.4. The van der Waals surface area contributed by atoms with Crippen LogP contribution in [0.3, 0.4) is 0 Å². The molecule has 4 aliphatic rings. The van der Waals surface area contributed by atoms with Crippen LogP contribution in [0.15, 0.2) is 18.2 Å². The van der Waals surface area contributed by atoms with Crippen molar-refractivity contribution in [3.05, 3.63) is 29.3 Å². The third-order valence-corrected chi connectivity index (χ3v) is 9.41. The summed E-state index contributed by atoms with van der Waals surface area (Å²) in [7, 11) is -5.16. The number of aromatic hydroxyl groups is 1. The second kappa shape index (κ2) is 9.42. The summed E-state index contributed by atoms with van der Waals surface area (Å²) in [5.74, 6) is -0.890. The molecule has 3 fully saturated rings. The third-order valence-electron chi connectivity index (χ3n) is 8.94. The van der Waals surface area contributed by atoms with Gasteiger partial charge in [0.05, 0.1) is 12.2 Å². The summed E-state index contributed by atoms with van der Waals surface area (Å²) in [6.45, 7) is 1.98. The molecule has 2 saturated carbocycles. The molecule has 3 aliphatic carbocycles. The van der Waals surface area contributed by atoms with E-state index in [0.717, 1.165) is 24.8 Å². The first-order chi connectivity index (χ1) is 17.3. The van der Waals surface area contributed by atoms with Crippen LogP contribution in [0.4, 0.5) is 0 Å². The molecule has 1 aromatic carbocycles. The predicted molar refractivity (Wildman–Crippen MR) is 124 cm³/mol. The predicted octanol–water partition coefficient (Wildman–Crippen LogP) is 0.324. The number of aliphatic carboxylic acids is 1. The van der Waals surface area contributed by atoms with Crippen LogP contribution in [-0.4, -0.2) is 87.4 Å². The maximum atomic E-state index is 11.6. The van der Waals surface area contributed by atoms with Crippen molar-refractivity contribution in [3.63, 3.8) is 0 Å². The zero-order chi connectivity index (χ0) is 26.9. The molecule has 6 N–H and O–H groups in total. The van der Waals surface area contributed by atoms with Crippen LogP contribution in [0.2, 0.25) is 0 Å². The van der Waals surface area contributed by atoms with Gasteiger partial charge in [-0.25, -0.2) is 8.98 Å². The number of aryl methyl sites for hydroxylation is 1. The van der Waals surface area contributed by atoms with Crippen LogP contribution in [0.25, 0.3) is 0 Å². The molecule has 0 spiro atoms. The molecule has 5 rings (SSSR count). The molecule has 0 amide bonds. The normalized spacial score (nSPS) is 43.5. The average molecular weight is 545 g/mol. The standard InChI is InChI=1S/C24H32O12S/c1-24-7-6-13-12-5-3-11(25)8-10(12)2-4-14(13)15(24)9-16(26)21(24)35-23-18(28)19(36-37(31,32)33)17(27)20(34-23)22(29)30/h3,5,8,13-21,23,25-28H,2,4,6-7,9H2,1H3,(H,29,30)(H,31,32,33)/t13-,14-,15+,16-,17+,18-,19+,20+,21+,23+,24+/m1/s1. The molecule has 1 aromatic rings. The minimum absolute atomic E-state index is 0.0414. The summed E-state index contributed by atoms with van der Waals surface area (Å²) in [5.41, 5.74) is 1.76. The summed E-state index contributed by atoms with van der Waals surface area (Å²) < 4.78 is 47.3. The fraction of sp³-hybridized carbons (Fsp3) is 0.708. The van der Waals surface area contributed by atoms with Crippen molar-refractivity contribution >= 4 is 16.4 Å². The van der Waals surface area contributed by atoms with Crippen molar-refractivity contribution in [2.45, 2.75) is 87.9 Å². The summed E-state index contributed by atoms with van der Waals surface area (Å²) in [4.78, 5) is 11.6. The molecular formula is C24H32O12S. The Bertz CT molecular complexity index is 1160. The zero-order valence-corrected chi connectivity index (χ0v) is 20.9. The van der Waals surface area contributed by atoms with E-state index >= 15 is 0 Å². The van der Waals surface area contributed by atoms with Crippen molar-refractivity contribution in [1.29, 1.82) is 0 Å². The molecule has 11 atom stereocenters. The van der Waals surface area contributed by atoms with Crippen LogP contribution in [0.5, 0.6) is 5.75 Å². The van der Waals surface area contributed by atoms with E-state index in [2.05, 4.69) is 4.18 Å². The summed E-state index contributed by atoms with van der Waals surface area (Å²) in [5, 5.41) is 51.4. The summed E-state index contributed by atoms with van der Waals surface area (Å²) in [6.07, 6.45) is -8.28. The maximum absolute atomic E-state index is 11.6. The van der Waals surface area contributed by atoms with Gasteiger partial charge in [0, 0.05) is 0 Å². The Labute approximate surface area is 213 Å². The van der Waals surface area contributed by atoms with Gasteiger partial charge in [-0.05, 0) is 78.5 Å². The van der Waals surface area contributed by atoms with E-state index in [0.29, 0.717) is 12.8 Å². The maximum Gasteiger partial charge on any atom is 0.397 e. The topological polar surface area (TPSA) is 200 Å². The SMILES string of the molecule is C[C@]12CC[C@@H]3c4ccc(O)cc4CC[C@H]3[C@@H]1C[C@@H](O)[C@@H]2O[C@@H]1O[C@H](C(=O)O)[C@@H](O)[C@H](OS(=O)(=O)O)[C@H]1O. The van der Waals surface area contributed by atoms with Crippen molar-refractivity contribution in [1.82, 2.24) is 0 Å². The van der Waals surface area contributed by atoms with Gasteiger partial charge >= 0.3 is 16.4 Å². The minimum Gasteiger partial charge on any atom is -0.508 e. The molecule has 12 nitrogen and oxygen atoms in total. The fourth-order valence-corrected chi connectivity index (χ4v) is 7.84. The molecule has 206 valence electrons. The third kappa shape index (κ3) is 4.65. The minimum atomic E-state index is -5.16. The van der Waals surface area contributed by atoms with E-state index in [1.165, 1.54) is 5.56 Å². The Hall–Kier alpha value is -1.84. The molecule has 1 saturated heterocycles. The van der Waals surface area contributed by atoms with Crippen molar-refractivity contribution in [2.75, 3.05) is 0 Å². The fourth-order valence-electron chi connectivity index (χ4n) is 7.33. The second-order valence-corrected chi connectivity index (χ2v) is 12.0. The van der Waals surface area contributed by atoms with Gasteiger partial charge in [0.15, 0.2) is 12.4 Å². The lowest BCUT2D eigenvalue weighted by Gasteiger charge is -2.51. The molecular weight excluding hydrogens is 512 g/mol. The first kappa shape index (κ1) is 26.8. The van der Waals surface area contributed by atoms with E-state index in [1.807, 2.05) is 13.0 Å². The highest BCUT2D eigenvalue weighted by atomic mass is 32.3. The highest BCUT2D eigenvalue weighted by Crippen LogP contribution is 2.62. The number of fused-ring (bicyclic) bond motifs is 5. The van der Waals surface area contributed by atoms with Gasteiger partial charge in [-0.3, -0.25) is 4.55 Å². The van der Waals surface area contributed by atoms with Crippen molar-refractivity contribution < 1.29 is 57.0 Å². The van der Waals surface area contributed by atoms with Gasteiger partial charge in [-0.2, -0.15) is 8.42 Å². The number of aliphatic hydroxyl groups excluding tert-OH is 3.